The van der Waals surface area contributed by atoms with Crippen LogP contribution in [-0.2, 0) is 14.8 Å². The largest absolute Gasteiger partial charge is 0.344 e. The van der Waals surface area contributed by atoms with Crippen molar-refractivity contribution in [1.82, 2.24) is 9.21 Å². The molecule has 0 spiro atoms. The minimum Gasteiger partial charge on any atom is -0.344 e. The third kappa shape index (κ3) is 3.88. The third-order valence-corrected chi connectivity index (χ3v) is 6.15. The highest BCUT2D eigenvalue weighted by Gasteiger charge is 2.34. The molecule has 1 aromatic carbocycles. The molecule has 0 unspecified atom stereocenters. The molecule has 1 N–H and O–H groups in total. The van der Waals surface area contributed by atoms with E-state index < -0.39 is 15.8 Å². The second-order valence-electron chi connectivity index (χ2n) is 5.97. The number of carbonyl (C=O) groups excluding carboxylic acids is 1. The molecule has 8 heteroatoms. The summed E-state index contributed by atoms with van der Waals surface area (Å²) < 4.78 is 39.4. The van der Waals surface area contributed by atoms with E-state index in [1.165, 1.54) is 16.4 Å². The van der Waals surface area contributed by atoms with Crippen molar-refractivity contribution in [2.45, 2.75) is 17.9 Å². The van der Waals surface area contributed by atoms with Gasteiger partial charge in [0.2, 0.25) is 10.0 Å². The molecule has 23 heavy (non-hydrogen) atoms. The maximum Gasteiger partial charge on any atom is 0.280 e. The Morgan fingerprint density at radius 3 is 2.22 bits per heavy atom. The lowest BCUT2D eigenvalue weighted by atomic mass is 10.2. The van der Waals surface area contributed by atoms with Crippen molar-refractivity contribution in [3.63, 3.8) is 0 Å². The molecule has 1 aromatic rings. The van der Waals surface area contributed by atoms with Crippen molar-refractivity contribution in [3.05, 3.63) is 30.1 Å². The second kappa shape index (κ2) is 6.94. The Bertz CT molecular complexity index is 653. The number of likely N-dealkylation sites (N-methyl/N-ethyl adjacent to an activating group) is 1. The number of rotatable bonds is 4. The average molecular weight is 344 g/mol. The molecule has 128 valence electrons. The molecule has 1 amide bonds. The summed E-state index contributed by atoms with van der Waals surface area (Å²) >= 11 is 0. The number of nitrogens with one attached hydrogen (secondary N) is 1. The van der Waals surface area contributed by atoms with Crippen LogP contribution in [0, 0.1) is 5.82 Å². The zero-order valence-electron chi connectivity index (χ0n) is 13.6. The highest BCUT2D eigenvalue weighted by Crippen LogP contribution is 2.16. The predicted octanol–water partition coefficient (Wildman–Crippen LogP) is -0.808. The molecule has 1 atom stereocenters. The minimum atomic E-state index is -3.61. The second-order valence-corrected chi connectivity index (χ2v) is 7.91. The van der Waals surface area contributed by atoms with Crippen LogP contribution in [0.1, 0.15) is 6.92 Å². The quantitative estimate of drug-likeness (QED) is 0.777. The first kappa shape index (κ1) is 17.8. The van der Waals surface area contributed by atoms with E-state index in [0.29, 0.717) is 26.2 Å². The number of carbonyl (C=O) groups is 1. The Labute approximate surface area is 136 Å². The zero-order valence-corrected chi connectivity index (χ0v) is 14.4. The van der Waals surface area contributed by atoms with Gasteiger partial charge in [0.25, 0.3) is 5.91 Å². The molecule has 6 nitrogen and oxygen atoms in total. The van der Waals surface area contributed by atoms with Gasteiger partial charge in [0.15, 0.2) is 6.04 Å². The molecule has 0 aromatic heterocycles. The Morgan fingerprint density at radius 1 is 1.22 bits per heavy atom. The van der Waals surface area contributed by atoms with Crippen LogP contribution in [-0.4, -0.2) is 69.8 Å². The van der Waals surface area contributed by atoms with Gasteiger partial charge in [-0.15, -0.1) is 0 Å². The Balaban J connectivity index is 2.04. The number of hydrogen-bond acceptors (Lipinski definition) is 3. The molecule has 0 saturated carbocycles. The lowest BCUT2D eigenvalue weighted by molar-refractivity contribution is -0.917. The van der Waals surface area contributed by atoms with Crippen molar-refractivity contribution < 1.29 is 22.5 Å². The molecule has 0 radical (unpaired) electrons. The van der Waals surface area contributed by atoms with Crippen LogP contribution >= 0.6 is 0 Å². The molecule has 0 bridgehead atoms. The highest BCUT2D eigenvalue weighted by atomic mass is 32.2. The lowest BCUT2D eigenvalue weighted by Crippen LogP contribution is -3.19. The summed E-state index contributed by atoms with van der Waals surface area (Å²) in [6, 6.07) is 4.66. The van der Waals surface area contributed by atoms with E-state index in [9.17, 15) is 17.6 Å². The van der Waals surface area contributed by atoms with Crippen molar-refractivity contribution in [3.8, 4) is 0 Å². The summed E-state index contributed by atoms with van der Waals surface area (Å²) in [6.45, 7) is 3.70. The van der Waals surface area contributed by atoms with Gasteiger partial charge in [0, 0.05) is 14.1 Å². The molecular formula is C15H23FN3O3S+. The Hall–Kier alpha value is -1.51. The Morgan fingerprint density at radius 2 is 1.74 bits per heavy atom. The van der Waals surface area contributed by atoms with Gasteiger partial charge in [-0.05, 0) is 31.2 Å². The number of amides is 1. The summed E-state index contributed by atoms with van der Waals surface area (Å²) in [6.07, 6.45) is 0. The number of nitrogens with zero attached hydrogens (tertiary/aromatic N) is 2. The van der Waals surface area contributed by atoms with Crippen LogP contribution < -0.4 is 4.90 Å². The summed E-state index contributed by atoms with van der Waals surface area (Å²) in [5.74, 6) is -0.427. The first-order valence-electron chi connectivity index (χ1n) is 7.55. The zero-order chi connectivity index (χ0) is 17.2. The van der Waals surface area contributed by atoms with E-state index in [0.717, 1.165) is 17.0 Å². The number of sulfonamides is 1. The number of quaternary nitrogens is 1. The normalized spacial score (nSPS) is 18.6. The van der Waals surface area contributed by atoms with E-state index >= 15 is 0 Å². The minimum absolute atomic E-state index is 0.0369. The van der Waals surface area contributed by atoms with Gasteiger partial charge in [-0.3, -0.25) is 4.79 Å². The first-order chi connectivity index (χ1) is 10.7. The lowest BCUT2D eigenvalue weighted by Gasteiger charge is -2.34. The fraction of sp³-hybridized carbons (Fsp3) is 0.533. The van der Waals surface area contributed by atoms with Crippen LogP contribution in [0.25, 0.3) is 0 Å². The standard InChI is InChI=1S/C15H22FN3O3S/c1-12(15(20)17(2)3)18-8-10-19(11-9-18)23(21,22)14-6-4-13(16)5-7-14/h4-7,12H,8-11H2,1-3H3/p+1/t12-/m1/s1. The van der Waals surface area contributed by atoms with Crippen LogP contribution in [0.2, 0.25) is 0 Å². The fourth-order valence-electron chi connectivity index (χ4n) is 2.76. The molecule has 1 fully saturated rings. The summed E-state index contributed by atoms with van der Waals surface area (Å²) in [7, 11) is -0.175. The van der Waals surface area contributed by atoms with Crippen LogP contribution in [0.15, 0.2) is 29.2 Å². The van der Waals surface area contributed by atoms with Crippen molar-refractivity contribution in [1.29, 1.82) is 0 Å². The SMILES string of the molecule is C[C@H](C(=O)N(C)C)[NH+]1CCN(S(=O)(=O)c2ccc(F)cc2)CC1. The molecule has 1 aliphatic heterocycles. The number of piperazine rings is 1. The van der Waals surface area contributed by atoms with Gasteiger partial charge < -0.3 is 9.80 Å². The van der Waals surface area contributed by atoms with Crippen molar-refractivity contribution >= 4 is 15.9 Å². The smallest absolute Gasteiger partial charge is 0.280 e. The van der Waals surface area contributed by atoms with Gasteiger partial charge >= 0.3 is 0 Å². The number of halogens is 1. The van der Waals surface area contributed by atoms with E-state index in [2.05, 4.69) is 0 Å². The van der Waals surface area contributed by atoms with Crippen LogP contribution in [0.3, 0.4) is 0 Å². The topological polar surface area (TPSA) is 62.1 Å². The van der Waals surface area contributed by atoms with E-state index in [4.69, 9.17) is 0 Å². The highest BCUT2D eigenvalue weighted by molar-refractivity contribution is 7.89. The Kier molecular flexibility index (Phi) is 5.38. The number of benzene rings is 1. The number of hydrogen-bond donors (Lipinski definition) is 1. The summed E-state index contributed by atoms with van der Waals surface area (Å²) in [4.78, 5) is 14.7. The molecule has 0 aliphatic carbocycles. The van der Waals surface area contributed by atoms with Crippen LogP contribution in [0.5, 0.6) is 0 Å². The molecule has 1 saturated heterocycles. The van der Waals surface area contributed by atoms with Gasteiger partial charge in [0.05, 0.1) is 31.1 Å². The van der Waals surface area contributed by atoms with Crippen LogP contribution in [0.4, 0.5) is 4.39 Å². The fourth-order valence-corrected chi connectivity index (χ4v) is 4.21. The molecule has 1 heterocycles. The monoisotopic (exact) mass is 344 g/mol. The third-order valence-electron chi connectivity index (χ3n) is 4.24. The van der Waals surface area contributed by atoms with E-state index in [1.807, 2.05) is 6.92 Å². The first-order valence-corrected chi connectivity index (χ1v) is 8.99. The predicted molar refractivity (Wildman–Crippen MR) is 84.0 cm³/mol. The molecule has 1 aliphatic rings. The van der Waals surface area contributed by atoms with Crippen molar-refractivity contribution in [2.75, 3.05) is 40.3 Å². The van der Waals surface area contributed by atoms with Gasteiger partial charge in [0.1, 0.15) is 5.82 Å². The maximum atomic E-state index is 13.0. The average Bonchev–Trinajstić information content (AvgIpc) is 2.54. The van der Waals surface area contributed by atoms with E-state index in [-0.39, 0.29) is 16.8 Å². The molecule has 2 rings (SSSR count). The van der Waals surface area contributed by atoms with E-state index in [1.54, 1.807) is 19.0 Å². The van der Waals surface area contributed by atoms with Gasteiger partial charge in [-0.25, -0.2) is 12.8 Å². The summed E-state index contributed by atoms with van der Waals surface area (Å²) in [5.41, 5.74) is 0. The molecular weight excluding hydrogens is 321 g/mol. The van der Waals surface area contributed by atoms with Gasteiger partial charge in [-0.2, -0.15) is 4.31 Å². The maximum absolute atomic E-state index is 13.0. The summed E-state index contributed by atoms with van der Waals surface area (Å²) in [5, 5.41) is 0. The van der Waals surface area contributed by atoms with Crippen molar-refractivity contribution in [2.24, 2.45) is 0 Å². The van der Waals surface area contributed by atoms with Gasteiger partial charge in [-0.1, -0.05) is 0 Å².